The quantitative estimate of drug-likeness (QED) is 0.427. The summed E-state index contributed by atoms with van der Waals surface area (Å²) >= 11 is 6.00. The van der Waals surface area contributed by atoms with Crippen molar-refractivity contribution < 1.29 is 18.0 Å². The Morgan fingerprint density at radius 1 is 0.944 bits per heavy atom. The van der Waals surface area contributed by atoms with Gasteiger partial charge in [-0.05, 0) is 54.8 Å². The second-order valence-corrected chi connectivity index (χ2v) is 10.5. The normalized spacial score (nSPS) is 12.0. The van der Waals surface area contributed by atoms with Crippen LogP contribution in [0.2, 0.25) is 5.02 Å². The van der Waals surface area contributed by atoms with E-state index >= 15 is 0 Å². The number of likely N-dealkylation sites (N-methyl/N-ethyl adjacent to an activating group) is 1. The summed E-state index contributed by atoms with van der Waals surface area (Å²) < 4.78 is 28.7. The molecule has 190 valence electrons. The van der Waals surface area contributed by atoms with Crippen molar-refractivity contribution in [2.24, 2.45) is 0 Å². The van der Waals surface area contributed by atoms with E-state index in [1.165, 1.54) is 24.1 Å². The Hall–Kier alpha value is -3.36. The van der Waals surface area contributed by atoms with Crippen LogP contribution in [0, 0.1) is 0 Å². The monoisotopic (exact) mass is 527 g/mol. The molecule has 0 unspecified atom stereocenters. The third-order valence-electron chi connectivity index (χ3n) is 5.93. The van der Waals surface area contributed by atoms with Crippen LogP contribution in [-0.2, 0) is 32.6 Å². The van der Waals surface area contributed by atoms with Crippen molar-refractivity contribution in [1.82, 2.24) is 10.2 Å². The topological polar surface area (TPSA) is 86.8 Å². The molecular weight excluding hydrogens is 498 g/mol. The van der Waals surface area contributed by atoms with Crippen LogP contribution in [0.15, 0.2) is 83.8 Å². The lowest BCUT2D eigenvalue weighted by molar-refractivity contribution is -0.139. The fourth-order valence-electron chi connectivity index (χ4n) is 3.86. The Kier molecular flexibility index (Phi) is 9.12. The number of hydrogen-bond acceptors (Lipinski definition) is 4. The Labute approximate surface area is 217 Å². The van der Waals surface area contributed by atoms with E-state index in [1.54, 1.807) is 61.5 Å². The van der Waals surface area contributed by atoms with Crippen LogP contribution in [0.5, 0.6) is 0 Å². The molecule has 1 N–H and O–H groups in total. The molecule has 0 aliphatic rings. The molecule has 0 saturated heterocycles. The Balaban J connectivity index is 2.05. The van der Waals surface area contributed by atoms with Crippen LogP contribution in [-0.4, -0.2) is 44.8 Å². The van der Waals surface area contributed by atoms with E-state index in [0.29, 0.717) is 17.1 Å². The van der Waals surface area contributed by atoms with Gasteiger partial charge in [0.25, 0.3) is 10.0 Å². The van der Waals surface area contributed by atoms with E-state index in [9.17, 15) is 18.0 Å². The van der Waals surface area contributed by atoms with Crippen molar-refractivity contribution >= 4 is 39.1 Å². The molecular formula is C27H30ClN3O4S. The van der Waals surface area contributed by atoms with Gasteiger partial charge in [-0.2, -0.15) is 0 Å². The van der Waals surface area contributed by atoms with Gasteiger partial charge in [0, 0.05) is 18.6 Å². The number of aryl methyl sites for hydroxylation is 1. The first-order chi connectivity index (χ1) is 17.2. The summed E-state index contributed by atoms with van der Waals surface area (Å²) in [6.45, 7) is 3.18. The zero-order chi connectivity index (χ0) is 26.3. The summed E-state index contributed by atoms with van der Waals surface area (Å²) in [6.07, 6.45) is 0.578. The second-order valence-electron chi connectivity index (χ2n) is 8.25. The Morgan fingerprint density at radius 2 is 1.56 bits per heavy atom. The number of benzene rings is 3. The van der Waals surface area contributed by atoms with E-state index in [1.807, 2.05) is 19.1 Å². The molecule has 36 heavy (non-hydrogen) atoms. The number of anilines is 1. The molecule has 7 nitrogen and oxygen atoms in total. The number of halogens is 1. The predicted molar refractivity (Wildman–Crippen MR) is 142 cm³/mol. The van der Waals surface area contributed by atoms with Crippen LogP contribution in [0.1, 0.15) is 25.0 Å². The van der Waals surface area contributed by atoms with Crippen LogP contribution >= 0.6 is 11.6 Å². The SMILES string of the molecule is CCc1ccccc1N(CC(=O)N(Cc1ccc(Cl)cc1)[C@H](C)C(=O)NC)S(=O)(=O)c1ccccc1. The first kappa shape index (κ1) is 27.2. The number of nitrogens with zero attached hydrogens (tertiary/aromatic N) is 2. The number of carbonyl (C=O) groups excluding carboxylic acids is 2. The van der Waals surface area contributed by atoms with Crippen molar-refractivity contribution in [2.75, 3.05) is 17.9 Å². The van der Waals surface area contributed by atoms with Gasteiger partial charge in [-0.25, -0.2) is 8.42 Å². The van der Waals surface area contributed by atoms with Gasteiger partial charge in [0.05, 0.1) is 10.6 Å². The third-order valence-corrected chi connectivity index (χ3v) is 7.96. The summed E-state index contributed by atoms with van der Waals surface area (Å²) in [4.78, 5) is 27.7. The standard InChI is InChI=1S/C27H30ClN3O4S/c1-4-22-10-8-9-13-25(22)31(36(34,35)24-11-6-5-7-12-24)19-26(32)30(20(2)27(33)29-3)18-21-14-16-23(28)17-15-21/h5-17,20H,4,18-19H2,1-3H3,(H,29,33)/t20-/m1/s1. The highest BCUT2D eigenvalue weighted by Crippen LogP contribution is 2.28. The zero-order valence-electron chi connectivity index (χ0n) is 20.5. The molecule has 9 heteroatoms. The molecule has 1 atom stereocenters. The summed E-state index contributed by atoms with van der Waals surface area (Å²) in [5.41, 5.74) is 1.97. The van der Waals surface area contributed by atoms with Crippen molar-refractivity contribution in [3.8, 4) is 0 Å². The van der Waals surface area contributed by atoms with Gasteiger partial charge in [0.1, 0.15) is 12.6 Å². The number of sulfonamides is 1. The summed E-state index contributed by atoms with van der Waals surface area (Å²) in [6, 6.07) is 21.2. The van der Waals surface area contributed by atoms with Crippen LogP contribution in [0.3, 0.4) is 0 Å². The van der Waals surface area contributed by atoms with Crippen molar-refractivity contribution in [3.05, 3.63) is 95.0 Å². The molecule has 3 aromatic carbocycles. The number of carbonyl (C=O) groups is 2. The molecule has 0 aromatic heterocycles. The second kappa shape index (κ2) is 12.1. The fourth-order valence-corrected chi connectivity index (χ4v) is 5.46. The van der Waals surface area contributed by atoms with Crippen molar-refractivity contribution in [3.63, 3.8) is 0 Å². The smallest absolute Gasteiger partial charge is 0.264 e. The van der Waals surface area contributed by atoms with Gasteiger partial charge in [-0.1, -0.05) is 67.1 Å². The zero-order valence-corrected chi connectivity index (χ0v) is 22.1. The first-order valence-electron chi connectivity index (χ1n) is 11.6. The number of amides is 2. The minimum atomic E-state index is -4.08. The lowest BCUT2D eigenvalue weighted by Crippen LogP contribution is -2.50. The van der Waals surface area contributed by atoms with E-state index in [-0.39, 0.29) is 17.3 Å². The van der Waals surface area contributed by atoms with Crippen molar-refractivity contribution in [1.29, 1.82) is 0 Å². The molecule has 0 spiro atoms. The lowest BCUT2D eigenvalue weighted by Gasteiger charge is -2.32. The molecule has 0 heterocycles. The molecule has 3 rings (SSSR count). The first-order valence-corrected chi connectivity index (χ1v) is 13.4. The highest BCUT2D eigenvalue weighted by atomic mass is 35.5. The Morgan fingerprint density at radius 3 is 2.17 bits per heavy atom. The maximum Gasteiger partial charge on any atom is 0.264 e. The van der Waals surface area contributed by atoms with Crippen LogP contribution < -0.4 is 9.62 Å². The largest absolute Gasteiger partial charge is 0.357 e. The molecule has 0 aliphatic carbocycles. The number of nitrogens with one attached hydrogen (secondary N) is 1. The fraction of sp³-hybridized carbons (Fsp3) is 0.259. The van der Waals surface area contributed by atoms with E-state index < -0.39 is 28.5 Å². The minimum Gasteiger partial charge on any atom is -0.357 e. The lowest BCUT2D eigenvalue weighted by atomic mass is 10.1. The van der Waals surface area contributed by atoms with Crippen LogP contribution in [0.25, 0.3) is 0 Å². The molecule has 0 radical (unpaired) electrons. The summed E-state index contributed by atoms with van der Waals surface area (Å²) in [5.74, 6) is -0.866. The van der Waals surface area contributed by atoms with Gasteiger partial charge in [0.15, 0.2) is 0 Å². The van der Waals surface area contributed by atoms with E-state index in [0.717, 1.165) is 15.4 Å². The number of para-hydroxylation sites is 1. The average Bonchev–Trinajstić information content (AvgIpc) is 2.90. The molecule has 0 saturated carbocycles. The average molecular weight is 528 g/mol. The van der Waals surface area contributed by atoms with Gasteiger partial charge >= 0.3 is 0 Å². The van der Waals surface area contributed by atoms with Gasteiger partial charge in [-0.15, -0.1) is 0 Å². The maximum atomic E-state index is 13.8. The summed E-state index contributed by atoms with van der Waals surface area (Å²) in [7, 11) is -2.58. The van der Waals surface area contributed by atoms with Gasteiger partial charge < -0.3 is 10.2 Å². The predicted octanol–water partition coefficient (Wildman–Crippen LogP) is 4.26. The molecule has 3 aromatic rings. The third kappa shape index (κ3) is 6.25. The summed E-state index contributed by atoms with van der Waals surface area (Å²) in [5, 5.41) is 3.12. The molecule has 2 amide bonds. The van der Waals surface area contributed by atoms with Gasteiger partial charge in [0.2, 0.25) is 11.8 Å². The molecule has 0 fully saturated rings. The highest BCUT2D eigenvalue weighted by Gasteiger charge is 2.32. The minimum absolute atomic E-state index is 0.0762. The van der Waals surface area contributed by atoms with Crippen LogP contribution in [0.4, 0.5) is 5.69 Å². The molecule has 0 bridgehead atoms. The maximum absolute atomic E-state index is 13.8. The van der Waals surface area contributed by atoms with E-state index in [4.69, 9.17) is 11.6 Å². The van der Waals surface area contributed by atoms with Crippen molar-refractivity contribution in [2.45, 2.75) is 37.8 Å². The number of rotatable bonds is 10. The number of hydrogen-bond donors (Lipinski definition) is 1. The highest BCUT2D eigenvalue weighted by molar-refractivity contribution is 7.92. The Bertz CT molecular complexity index is 1300. The van der Waals surface area contributed by atoms with Gasteiger partial charge in [-0.3, -0.25) is 13.9 Å². The van der Waals surface area contributed by atoms with E-state index in [2.05, 4.69) is 5.32 Å². The molecule has 0 aliphatic heterocycles.